The molecular formula is C20H21N3O2S2. The first kappa shape index (κ1) is 18.3. The normalized spacial score (nSPS) is 13.6. The molecule has 0 radical (unpaired) electrons. The summed E-state index contributed by atoms with van der Waals surface area (Å²) < 4.78 is 1.58. The minimum absolute atomic E-state index is 0.00112. The van der Waals surface area contributed by atoms with Gasteiger partial charge in [-0.3, -0.25) is 14.2 Å². The Morgan fingerprint density at radius 3 is 2.89 bits per heavy atom. The first-order valence-electron chi connectivity index (χ1n) is 9.04. The number of para-hydroxylation sites is 1. The molecule has 0 bridgehead atoms. The van der Waals surface area contributed by atoms with Gasteiger partial charge in [-0.1, -0.05) is 30.0 Å². The van der Waals surface area contributed by atoms with Crippen LogP contribution in [0.2, 0.25) is 0 Å². The van der Waals surface area contributed by atoms with Crippen LogP contribution < -0.4 is 10.9 Å². The number of nitrogens with one attached hydrogen (secondary N) is 1. The minimum atomic E-state index is -0.103. The van der Waals surface area contributed by atoms with Gasteiger partial charge in [-0.15, -0.1) is 11.3 Å². The molecule has 1 aromatic carbocycles. The molecule has 1 N–H and O–H groups in total. The van der Waals surface area contributed by atoms with Crippen LogP contribution in [0.1, 0.15) is 28.8 Å². The quantitative estimate of drug-likeness (QED) is 0.534. The number of carbonyl (C=O) groups is 1. The lowest BCUT2D eigenvalue weighted by Gasteiger charge is -2.11. The summed E-state index contributed by atoms with van der Waals surface area (Å²) in [5.74, 6) is 0.111. The number of benzene rings is 1. The zero-order valence-electron chi connectivity index (χ0n) is 15.4. The van der Waals surface area contributed by atoms with Crippen molar-refractivity contribution >= 4 is 44.9 Å². The number of aromatic nitrogens is 2. The van der Waals surface area contributed by atoms with Gasteiger partial charge in [-0.25, -0.2) is 4.98 Å². The third-order valence-corrected chi connectivity index (χ3v) is 7.12. The number of thioether (sulfide) groups is 1. The topological polar surface area (TPSA) is 64.0 Å². The van der Waals surface area contributed by atoms with Crippen LogP contribution in [0.5, 0.6) is 0 Å². The number of fused-ring (bicyclic) bond motifs is 3. The smallest absolute Gasteiger partial charge is 0.262 e. The molecule has 0 saturated carbocycles. The molecule has 0 aliphatic heterocycles. The van der Waals surface area contributed by atoms with Gasteiger partial charge in [-0.2, -0.15) is 0 Å². The molecule has 0 unspecified atom stereocenters. The van der Waals surface area contributed by atoms with Gasteiger partial charge in [0.05, 0.1) is 11.1 Å². The fourth-order valence-corrected chi connectivity index (χ4v) is 5.50. The molecule has 1 amide bonds. The van der Waals surface area contributed by atoms with Crippen LogP contribution in [0.3, 0.4) is 0 Å². The molecule has 1 aliphatic rings. The Bertz CT molecular complexity index is 1080. The van der Waals surface area contributed by atoms with Gasteiger partial charge in [0.2, 0.25) is 5.91 Å². The monoisotopic (exact) mass is 399 g/mol. The third-order valence-electron chi connectivity index (χ3n) is 4.91. The Labute approximate surface area is 165 Å². The van der Waals surface area contributed by atoms with Gasteiger partial charge in [0, 0.05) is 17.6 Å². The molecule has 7 heteroatoms. The summed E-state index contributed by atoms with van der Waals surface area (Å²) >= 11 is 2.94. The summed E-state index contributed by atoms with van der Waals surface area (Å²) in [6.07, 6.45) is 4.33. The van der Waals surface area contributed by atoms with E-state index >= 15 is 0 Å². The Kier molecular flexibility index (Phi) is 5.06. The van der Waals surface area contributed by atoms with Crippen LogP contribution in [0.25, 0.3) is 10.2 Å². The van der Waals surface area contributed by atoms with Crippen molar-refractivity contribution in [3.05, 3.63) is 50.6 Å². The van der Waals surface area contributed by atoms with E-state index in [0.717, 1.165) is 40.7 Å². The summed E-state index contributed by atoms with van der Waals surface area (Å²) in [6.45, 7) is 1.96. The Balaban J connectivity index is 1.55. The van der Waals surface area contributed by atoms with E-state index in [1.807, 2.05) is 31.2 Å². The van der Waals surface area contributed by atoms with Crippen LogP contribution >= 0.6 is 23.1 Å². The predicted octanol–water partition coefficient (Wildman–Crippen LogP) is 3.91. The Morgan fingerprint density at radius 2 is 2.07 bits per heavy atom. The van der Waals surface area contributed by atoms with Crippen molar-refractivity contribution in [3.8, 4) is 0 Å². The standard InChI is InChI=1S/C20H21N3O2S2/c1-12-7-3-5-9-14(12)21-16(24)11-26-20-22-18-17(19(25)23(20)2)13-8-4-6-10-15(13)27-18/h3,5,7,9H,4,6,8,10-11H2,1-2H3,(H,21,24). The van der Waals surface area contributed by atoms with Crippen molar-refractivity contribution in [2.75, 3.05) is 11.1 Å². The fraction of sp³-hybridized carbons (Fsp3) is 0.350. The molecule has 2 aromatic heterocycles. The molecule has 1 aliphatic carbocycles. The first-order chi connectivity index (χ1) is 13.0. The lowest BCUT2D eigenvalue weighted by Crippen LogP contribution is -2.22. The number of rotatable bonds is 4. The highest BCUT2D eigenvalue weighted by Gasteiger charge is 2.21. The largest absolute Gasteiger partial charge is 0.325 e. The van der Waals surface area contributed by atoms with Crippen LogP contribution in [0, 0.1) is 6.92 Å². The molecule has 2 heterocycles. The summed E-state index contributed by atoms with van der Waals surface area (Å²) in [4.78, 5) is 32.0. The van der Waals surface area contributed by atoms with Crippen molar-refractivity contribution in [2.45, 2.75) is 37.8 Å². The molecular weight excluding hydrogens is 378 g/mol. The van der Waals surface area contributed by atoms with Crippen LogP contribution in [-0.2, 0) is 24.7 Å². The second-order valence-corrected chi connectivity index (χ2v) is 8.83. The van der Waals surface area contributed by atoms with E-state index in [0.29, 0.717) is 5.16 Å². The molecule has 0 atom stereocenters. The summed E-state index contributed by atoms with van der Waals surface area (Å²) in [5.41, 5.74) is 3.03. The fourth-order valence-electron chi connectivity index (χ4n) is 3.43. The van der Waals surface area contributed by atoms with Gasteiger partial charge in [0.25, 0.3) is 5.56 Å². The number of amides is 1. The van der Waals surface area contributed by atoms with E-state index in [2.05, 4.69) is 5.32 Å². The van der Waals surface area contributed by atoms with Crippen molar-refractivity contribution in [1.29, 1.82) is 0 Å². The van der Waals surface area contributed by atoms with E-state index in [1.54, 1.807) is 23.0 Å². The second-order valence-electron chi connectivity index (χ2n) is 6.80. The lowest BCUT2D eigenvalue weighted by molar-refractivity contribution is -0.113. The average Bonchev–Trinajstić information content (AvgIpc) is 3.04. The first-order valence-corrected chi connectivity index (χ1v) is 10.8. The number of hydrogen-bond donors (Lipinski definition) is 1. The van der Waals surface area contributed by atoms with Gasteiger partial charge in [0.1, 0.15) is 4.83 Å². The number of carbonyl (C=O) groups excluding carboxylic acids is 1. The molecule has 3 aromatic rings. The Morgan fingerprint density at radius 1 is 1.30 bits per heavy atom. The van der Waals surface area contributed by atoms with E-state index in [-0.39, 0.29) is 17.2 Å². The van der Waals surface area contributed by atoms with Gasteiger partial charge in [-0.05, 0) is 49.8 Å². The van der Waals surface area contributed by atoms with Crippen molar-refractivity contribution in [2.24, 2.45) is 7.05 Å². The molecule has 0 fully saturated rings. The summed E-state index contributed by atoms with van der Waals surface area (Å²) in [5, 5.41) is 4.29. The van der Waals surface area contributed by atoms with E-state index < -0.39 is 0 Å². The molecule has 4 rings (SSSR count). The van der Waals surface area contributed by atoms with Gasteiger partial charge >= 0.3 is 0 Å². The minimum Gasteiger partial charge on any atom is -0.325 e. The molecule has 140 valence electrons. The molecule has 5 nitrogen and oxygen atoms in total. The van der Waals surface area contributed by atoms with Gasteiger partial charge < -0.3 is 5.32 Å². The van der Waals surface area contributed by atoms with Crippen molar-refractivity contribution in [1.82, 2.24) is 9.55 Å². The summed E-state index contributed by atoms with van der Waals surface area (Å²) in [7, 11) is 1.74. The maximum absolute atomic E-state index is 12.9. The molecule has 0 spiro atoms. The van der Waals surface area contributed by atoms with Crippen LogP contribution in [0.4, 0.5) is 5.69 Å². The number of hydrogen-bond acceptors (Lipinski definition) is 5. The predicted molar refractivity (Wildman–Crippen MR) is 112 cm³/mol. The van der Waals surface area contributed by atoms with Crippen molar-refractivity contribution < 1.29 is 4.79 Å². The maximum Gasteiger partial charge on any atom is 0.262 e. The number of anilines is 1. The lowest BCUT2D eigenvalue weighted by atomic mass is 9.97. The van der Waals surface area contributed by atoms with E-state index in [4.69, 9.17) is 4.98 Å². The second kappa shape index (κ2) is 7.48. The van der Waals surface area contributed by atoms with Crippen LogP contribution in [0.15, 0.2) is 34.2 Å². The maximum atomic E-state index is 12.9. The highest BCUT2D eigenvalue weighted by Crippen LogP contribution is 2.34. The van der Waals surface area contributed by atoms with E-state index in [9.17, 15) is 9.59 Å². The molecule has 0 saturated heterocycles. The molecule has 27 heavy (non-hydrogen) atoms. The van der Waals surface area contributed by atoms with Crippen molar-refractivity contribution in [3.63, 3.8) is 0 Å². The number of thiophene rings is 1. The van der Waals surface area contributed by atoms with Gasteiger partial charge in [0.15, 0.2) is 5.16 Å². The summed E-state index contributed by atoms with van der Waals surface area (Å²) in [6, 6.07) is 7.68. The number of nitrogens with zero attached hydrogens (tertiary/aromatic N) is 2. The Hall–Kier alpha value is -2.12. The zero-order valence-corrected chi connectivity index (χ0v) is 17.0. The number of aryl methyl sites for hydroxylation is 3. The highest BCUT2D eigenvalue weighted by molar-refractivity contribution is 7.99. The third kappa shape index (κ3) is 3.53. The highest BCUT2D eigenvalue weighted by atomic mass is 32.2. The van der Waals surface area contributed by atoms with Crippen LogP contribution in [-0.4, -0.2) is 21.2 Å². The zero-order chi connectivity index (χ0) is 19.0. The average molecular weight is 400 g/mol. The SMILES string of the molecule is Cc1ccccc1NC(=O)CSc1nc2sc3c(c2c(=O)n1C)CCCC3. The van der Waals surface area contributed by atoms with E-state index in [1.165, 1.54) is 28.6 Å².